The summed E-state index contributed by atoms with van der Waals surface area (Å²) >= 11 is 0. The summed E-state index contributed by atoms with van der Waals surface area (Å²) in [4.78, 5) is 12.6. The van der Waals surface area contributed by atoms with Gasteiger partial charge in [-0.3, -0.25) is 9.35 Å². The van der Waals surface area contributed by atoms with Crippen LogP contribution in [0.25, 0.3) is 10.8 Å². The molecule has 2 N–H and O–H groups in total. The van der Waals surface area contributed by atoms with Crippen LogP contribution in [0.1, 0.15) is 10.4 Å². The maximum Gasteiger partial charge on any atom is 1.00 e. The second-order valence-electron chi connectivity index (χ2n) is 7.15. The van der Waals surface area contributed by atoms with Gasteiger partial charge in [0.15, 0.2) is 0 Å². The van der Waals surface area contributed by atoms with E-state index in [-0.39, 0.29) is 51.4 Å². The van der Waals surface area contributed by atoms with Gasteiger partial charge in [0, 0.05) is 10.9 Å². The summed E-state index contributed by atoms with van der Waals surface area (Å²) < 4.78 is 37.2. The van der Waals surface area contributed by atoms with Crippen molar-refractivity contribution in [2.45, 2.75) is 4.90 Å². The molecule has 0 spiro atoms. The van der Waals surface area contributed by atoms with E-state index in [2.05, 4.69) is 15.5 Å². The third-order valence-electron chi connectivity index (χ3n) is 4.96. The SMILES string of the molecule is COc1ccccc1NC(=O)c1cc2ccccc2c(N=Nc2cccc(S(=O)(=O)O)c2)c1[O-].[Na+]. The second-order valence-corrected chi connectivity index (χ2v) is 8.57. The summed E-state index contributed by atoms with van der Waals surface area (Å²) in [7, 11) is -2.96. The molecule has 35 heavy (non-hydrogen) atoms. The van der Waals surface area contributed by atoms with E-state index in [9.17, 15) is 22.9 Å². The molecule has 0 aliphatic carbocycles. The summed E-state index contributed by atoms with van der Waals surface area (Å²) in [5.74, 6) is -0.867. The Bertz CT molecular complexity index is 1540. The van der Waals surface area contributed by atoms with Crippen molar-refractivity contribution in [3.63, 3.8) is 0 Å². The van der Waals surface area contributed by atoms with Gasteiger partial charge in [-0.15, -0.1) is 0 Å². The smallest absolute Gasteiger partial charge is 0.870 e. The Hall–Kier alpha value is -3.28. The van der Waals surface area contributed by atoms with Crippen molar-refractivity contribution < 1.29 is 57.2 Å². The molecule has 0 atom stereocenters. The van der Waals surface area contributed by atoms with Crippen molar-refractivity contribution in [1.29, 1.82) is 0 Å². The number of fused-ring (bicyclic) bond motifs is 1. The number of para-hydroxylation sites is 2. The van der Waals surface area contributed by atoms with Crippen LogP contribution in [0.5, 0.6) is 11.5 Å². The number of hydrogen-bond donors (Lipinski definition) is 2. The third kappa shape index (κ3) is 5.87. The number of nitrogens with one attached hydrogen (secondary N) is 1. The van der Waals surface area contributed by atoms with Crippen LogP contribution in [0.4, 0.5) is 17.1 Å². The fourth-order valence-corrected chi connectivity index (χ4v) is 3.85. The summed E-state index contributed by atoms with van der Waals surface area (Å²) in [6.07, 6.45) is 0. The number of anilines is 1. The van der Waals surface area contributed by atoms with Gasteiger partial charge in [0.25, 0.3) is 16.0 Å². The molecule has 0 saturated carbocycles. The van der Waals surface area contributed by atoms with Crippen LogP contribution in [-0.2, 0) is 10.1 Å². The van der Waals surface area contributed by atoms with E-state index in [1.807, 2.05) is 0 Å². The van der Waals surface area contributed by atoms with Gasteiger partial charge in [-0.2, -0.15) is 18.6 Å². The Balaban J connectivity index is 0.00000342. The standard InChI is InChI=1S/C24H19N3O6S.Na/c1-33-21-12-5-4-11-20(21)25-24(29)19-13-15-7-2-3-10-18(15)22(23(19)28)27-26-16-8-6-9-17(14-16)34(30,31)32;/h2-14,28H,1H3,(H,25,29)(H,30,31,32);/q;+1/p-1. The van der Waals surface area contributed by atoms with Gasteiger partial charge in [0.2, 0.25) is 0 Å². The van der Waals surface area contributed by atoms with Crippen LogP contribution in [0.2, 0.25) is 0 Å². The first-order valence-corrected chi connectivity index (χ1v) is 11.4. The summed E-state index contributed by atoms with van der Waals surface area (Å²) in [6.45, 7) is 0. The maximum absolute atomic E-state index is 13.2. The number of azo groups is 1. The zero-order valence-electron chi connectivity index (χ0n) is 18.8. The molecule has 0 heterocycles. The first-order valence-electron chi connectivity index (χ1n) is 9.94. The molecule has 0 aliphatic heterocycles. The second kappa shape index (κ2) is 11.0. The molecule has 1 amide bonds. The van der Waals surface area contributed by atoms with E-state index in [1.165, 1.54) is 31.4 Å². The molecular weight excluding hydrogens is 481 g/mol. The van der Waals surface area contributed by atoms with Crippen LogP contribution in [0.3, 0.4) is 0 Å². The Morgan fingerprint density at radius 2 is 1.69 bits per heavy atom. The summed E-state index contributed by atoms with van der Waals surface area (Å²) in [5.41, 5.74) is 0.265. The largest absolute Gasteiger partial charge is 1.00 e. The van der Waals surface area contributed by atoms with Crippen LogP contribution in [0, 0.1) is 0 Å². The molecule has 0 bridgehead atoms. The van der Waals surface area contributed by atoms with Crippen LogP contribution < -0.4 is 44.7 Å². The Labute approximate surface area is 223 Å². The number of carbonyl (C=O) groups excluding carboxylic acids is 1. The topological polar surface area (TPSA) is 140 Å². The Morgan fingerprint density at radius 1 is 0.971 bits per heavy atom. The van der Waals surface area contributed by atoms with Gasteiger partial charge in [-0.1, -0.05) is 48.2 Å². The quantitative estimate of drug-likeness (QED) is 0.236. The van der Waals surface area contributed by atoms with Gasteiger partial charge >= 0.3 is 29.6 Å². The molecule has 11 heteroatoms. The van der Waals surface area contributed by atoms with Crippen molar-refractivity contribution in [2.75, 3.05) is 12.4 Å². The summed E-state index contributed by atoms with van der Waals surface area (Å²) in [5, 5.41) is 25.0. The monoisotopic (exact) mass is 499 g/mol. The molecule has 172 valence electrons. The van der Waals surface area contributed by atoms with Crippen LogP contribution in [0.15, 0.2) is 94.0 Å². The number of nitrogens with zero attached hydrogens (tertiary/aromatic N) is 2. The van der Waals surface area contributed by atoms with Crippen LogP contribution >= 0.6 is 0 Å². The number of benzene rings is 4. The molecule has 0 unspecified atom stereocenters. The number of methoxy groups -OCH3 is 1. The Morgan fingerprint density at radius 3 is 2.43 bits per heavy atom. The van der Waals surface area contributed by atoms with E-state index in [0.29, 0.717) is 22.2 Å². The molecule has 0 fully saturated rings. The normalized spacial score (nSPS) is 11.3. The van der Waals surface area contributed by atoms with Gasteiger partial charge in [-0.05, 0) is 41.8 Å². The first kappa shape index (κ1) is 26.3. The average Bonchev–Trinajstić information content (AvgIpc) is 2.83. The molecule has 0 radical (unpaired) electrons. The predicted molar refractivity (Wildman–Crippen MR) is 125 cm³/mol. The molecule has 4 aromatic rings. The number of rotatable bonds is 6. The minimum absolute atomic E-state index is 0. The molecule has 0 aromatic heterocycles. The molecule has 0 aliphatic rings. The minimum atomic E-state index is -4.43. The predicted octanol–water partition coefficient (Wildman–Crippen LogP) is 1.84. The fourth-order valence-electron chi connectivity index (χ4n) is 3.33. The van der Waals surface area contributed by atoms with Gasteiger partial charge < -0.3 is 15.2 Å². The number of amides is 1. The number of ether oxygens (including phenoxy) is 1. The van der Waals surface area contributed by atoms with Gasteiger partial charge in [0.1, 0.15) is 5.75 Å². The van der Waals surface area contributed by atoms with Gasteiger partial charge in [-0.25, -0.2) is 0 Å². The Kier molecular flexibility index (Phi) is 8.26. The number of carbonyl (C=O) groups is 1. The molecule has 0 saturated heterocycles. The van der Waals surface area contributed by atoms with Gasteiger partial charge in [0.05, 0.1) is 29.1 Å². The van der Waals surface area contributed by atoms with Crippen molar-refractivity contribution in [3.05, 3.63) is 84.4 Å². The van der Waals surface area contributed by atoms with Crippen molar-refractivity contribution >= 4 is 43.9 Å². The maximum atomic E-state index is 13.2. The van der Waals surface area contributed by atoms with E-state index >= 15 is 0 Å². The van der Waals surface area contributed by atoms with Crippen molar-refractivity contribution in [1.82, 2.24) is 0 Å². The molecular formula is C24H18N3NaO6S. The van der Waals surface area contributed by atoms with Crippen molar-refractivity contribution in [2.24, 2.45) is 10.2 Å². The van der Waals surface area contributed by atoms with E-state index in [0.717, 1.165) is 6.07 Å². The van der Waals surface area contributed by atoms with E-state index in [1.54, 1.807) is 48.5 Å². The fraction of sp³-hybridized carbons (Fsp3) is 0.0417. The molecule has 4 rings (SSSR count). The van der Waals surface area contributed by atoms with Crippen molar-refractivity contribution in [3.8, 4) is 11.5 Å². The molecule has 4 aromatic carbocycles. The summed E-state index contributed by atoms with van der Waals surface area (Å²) in [6, 6.07) is 20.3. The third-order valence-corrected chi connectivity index (χ3v) is 5.81. The first-order chi connectivity index (χ1) is 16.3. The number of hydrogen-bond acceptors (Lipinski definition) is 7. The zero-order chi connectivity index (χ0) is 24.3. The zero-order valence-corrected chi connectivity index (χ0v) is 21.6. The van der Waals surface area contributed by atoms with Crippen LogP contribution in [-0.4, -0.2) is 26.0 Å². The van der Waals surface area contributed by atoms with E-state index < -0.39 is 21.8 Å². The minimum Gasteiger partial charge on any atom is -0.870 e. The average molecular weight is 499 g/mol. The molecule has 9 nitrogen and oxygen atoms in total. The van der Waals surface area contributed by atoms with E-state index in [4.69, 9.17) is 4.74 Å².